The minimum Gasteiger partial charge on any atom is -0.486 e. The van der Waals surface area contributed by atoms with Crippen molar-refractivity contribution in [3.05, 3.63) is 76.0 Å². The van der Waals surface area contributed by atoms with Gasteiger partial charge in [0.05, 0.1) is 11.4 Å². The lowest BCUT2D eigenvalue weighted by Crippen LogP contribution is -2.12. The molecule has 1 heterocycles. The van der Waals surface area contributed by atoms with E-state index in [1.165, 1.54) is 23.5 Å². The molecule has 3 aromatic rings. The molecular weight excluding hydrogens is 327 g/mol. The number of nitrogens with one attached hydrogen (secondary N) is 1. The molecule has 0 unspecified atom stereocenters. The quantitative estimate of drug-likeness (QED) is 0.747. The first-order chi connectivity index (χ1) is 11.6. The van der Waals surface area contributed by atoms with Crippen molar-refractivity contribution >= 4 is 22.9 Å². The number of halogens is 1. The minimum absolute atomic E-state index is 0.150. The Kier molecular flexibility index (Phi) is 4.86. The number of nitrogens with zero attached hydrogens (tertiary/aromatic N) is 1. The summed E-state index contributed by atoms with van der Waals surface area (Å²) in [5.74, 6) is -0.107. The minimum atomic E-state index is -0.472. The molecule has 6 heteroatoms. The Morgan fingerprint density at radius 1 is 1.17 bits per heavy atom. The van der Waals surface area contributed by atoms with Crippen LogP contribution in [-0.4, -0.2) is 10.9 Å². The predicted molar refractivity (Wildman–Crippen MR) is 92.0 cm³/mol. The first-order valence-corrected chi connectivity index (χ1v) is 8.15. The number of hydrogen-bond acceptors (Lipinski definition) is 4. The molecule has 0 bridgehead atoms. The van der Waals surface area contributed by atoms with Crippen LogP contribution < -0.4 is 10.1 Å². The van der Waals surface area contributed by atoms with E-state index >= 15 is 0 Å². The fourth-order valence-corrected chi connectivity index (χ4v) is 3.00. The standard InChI is InChI=1S/C18H15FN2O2S/c1-12-17(18(22)21-15-10-6-5-9-14(15)19)24-16(20-12)11-23-13-7-3-2-4-8-13/h2-10H,11H2,1H3,(H,21,22). The molecule has 1 amide bonds. The van der Waals surface area contributed by atoms with Crippen LogP contribution in [0.3, 0.4) is 0 Å². The van der Waals surface area contributed by atoms with Crippen LogP contribution in [0.1, 0.15) is 20.4 Å². The maximum Gasteiger partial charge on any atom is 0.267 e. The van der Waals surface area contributed by atoms with E-state index in [1.807, 2.05) is 30.3 Å². The third-order valence-electron chi connectivity index (χ3n) is 3.27. The van der Waals surface area contributed by atoms with E-state index in [0.717, 1.165) is 5.75 Å². The molecule has 0 spiro atoms. The third kappa shape index (κ3) is 3.78. The number of aromatic nitrogens is 1. The molecule has 3 rings (SSSR count). The van der Waals surface area contributed by atoms with Crippen molar-refractivity contribution in [3.63, 3.8) is 0 Å². The highest BCUT2D eigenvalue weighted by Gasteiger charge is 2.17. The summed E-state index contributed by atoms with van der Waals surface area (Å²) in [6.45, 7) is 2.03. The molecule has 0 saturated carbocycles. The van der Waals surface area contributed by atoms with E-state index in [0.29, 0.717) is 15.6 Å². The highest BCUT2D eigenvalue weighted by atomic mass is 32.1. The van der Waals surface area contributed by atoms with Crippen LogP contribution in [0.4, 0.5) is 10.1 Å². The van der Waals surface area contributed by atoms with Crippen molar-refractivity contribution in [2.75, 3.05) is 5.32 Å². The lowest BCUT2D eigenvalue weighted by molar-refractivity contribution is 0.102. The number of benzene rings is 2. The molecule has 0 radical (unpaired) electrons. The average molecular weight is 342 g/mol. The van der Waals surface area contributed by atoms with Crippen molar-refractivity contribution < 1.29 is 13.9 Å². The molecule has 4 nitrogen and oxygen atoms in total. The lowest BCUT2D eigenvalue weighted by Gasteiger charge is -2.04. The number of ether oxygens (including phenoxy) is 1. The van der Waals surface area contributed by atoms with Gasteiger partial charge in [0.15, 0.2) is 0 Å². The van der Waals surface area contributed by atoms with Gasteiger partial charge in [0.25, 0.3) is 5.91 Å². The van der Waals surface area contributed by atoms with Crippen molar-refractivity contribution in [1.82, 2.24) is 4.98 Å². The molecule has 0 saturated heterocycles. The van der Waals surface area contributed by atoms with Gasteiger partial charge in [0.2, 0.25) is 0 Å². The zero-order valence-corrected chi connectivity index (χ0v) is 13.8. The van der Waals surface area contributed by atoms with Crippen molar-refractivity contribution in [3.8, 4) is 5.75 Å². The van der Waals surface area contributed by atoms with Crippen LogP contribution in [0.2, 0.25) is 0 Å². The topological polar surface area (TPSA) is 51.2 Å². The number of carbonyl (C=O) groups excluding carboxylic acids is 1. The Morgan fingerprint density at radius 3 is 2.62 bits per heavy atom. The molecule has 122 valence electrons. The molecular formula is C18H15FN2O2S. The van der Waals surface area contributed by atoms with Crippen molar-refractivity contribution in [2.24, 2.45) is 0 Å². The first kappa shape index (κ1) is 16.1. The second kappa shape index (κ2) is 7.23. The van der Waals surface area contributed by atoms with E-state index in [1.54, 1.807) is 19.1 Å². The van der Waals surface area contributed by atoms with Gasteiger partial charge in [-0.1, -0.05) is 30.3 Å². The molecule has 2 aromatic carbocycles. The van der Waals surface area contributed by atoms with Gasteiger partial charge in [-0.3, -0.25) is 4.79 Å². The lowest BCUT2D eigenvalue weighted by atomic mass is 10.3. The molecule has 0 aliphatic heterocycles. The summed E-state index contributed by atoms with van der Waals surface area (Å²) in [5.41, 5.74) is 0.748. The fraction of sp³-hybridized carbons (Fsp3) is 0.111. The number of hydrogen-bond donors (Lipinski definition) is 1. The Balaban J connectivity index is 1.69. The Bertz CT molecular complexity index is 849. The normalized spacial score (nSPS) is 10.4. The second-order valence-electron chi connectivity index (χ2n) is 5.06. The van der Waals surface area contributed by atoms with Gasteiger partial charge in [-0.05, 0) is 31.2 Å². The SMILES string of the molecule is Cc1nc(COc2ccccc2)sc1C(=O)Nc1ccccc1F. The number of aryl methyl sites for hydroxylation is 1. The second-order valence-corrected chi connectivity index (χ2v) is 6.14. The van der Waals surface area contributed by atoms with E-state index in [4.69, 9.17) is 4.74 Å². The Hall–Kier alpha value is -2.73. The van der Waals surface area contributed by atoms with Gasteiger partial charge in [-0.15, -0.1) is 11.3 Å². The van der Waals surface area contributed by atoms with Gasteiger partial charge in [-0.2, -0.15) is 0 Å². The molecule has 0 aliphatic carbocycles. The summed E-state index contributed by atoms with van der Waals surface area (Å²) in [5, 5.41) is 3.26. The maximum atomic E-state index is 13.6. The molecule has 0 aliphatic rings. The summed E-state index contributed by atoms with van der Waals surface area (Å²) in [6, 6.07) is 15.4. The number of amides is 1. The van der Waals surface area contributed by atoms with Crippen molar-refractivity contribution in [1.29, 1.82) is 0 Å². The number of carbonyl (C=O) groups is 1. The number of rotatable bonds is 5. The molecule has 1 aromatic heterocycles. The van der Waals surface area contributed by atoms with Crippen LogP contribution in [0.5, 0.6) is 5.75 Å². The number of para-hydroxylation sites is 2. The zero-order chi connectivity index (χ0) is 16.9. The van der Waals surface area contributed by atoms with Gasteiger partial charge in [0.1, 0.15) is 28.1 Å². The van der Waals surface area contributed by atoms with Gasteiger partial charge in [-0.25, -0.2) is 9.37 Å². The largest absolute Gasteiger partial charge is 0.486 e. The van der Waals surface area contributed by atoms with Crippen LogP contribution >= 0.6 is 11.3 Å². The Labute approximate surface area is 142 Å². The van der Waals surface area contributed by atoms with Crippen molar-refractivity contribution in [2.45, 2.75) is 13.5 Å². The van der Waals surface area contributed by atoms with Gasteiger partial charge in [0, 0.05) is 0 Å². The summed E-state index contributed by atoms with van der Waals surface area (Å²) in [4.78, 5) is 17.1. The summed E-state index contributed by atoms with van der Waals surface area (Å²) in [7, 11) is 0. The number of anilines is 1. The highest BCUT2D eigenvalue weighted by molar-refractivity contribution is 7.13. The van der Waals surface area contributed by atoms with Gasteiger partial charge >= 0.3 is 0 Å². The van der Waals surface area contributed by atoms with Crippen LogP contribution in [0.15, 0.2) is 54.6 Å². The summed E-state index contributed by atoms with van der Waals surface area (Å²) in [6.07, 6.45) is 0. The molecule has 24 heavy (non-hydrogen) atoms. The zero-order valence-electron chi connectivity index (χ0n) is 13.0. The van der Waals surface area contributed by atoms with E-state index < -0.39 is 5.82 Å². The van der Waals surface area contributed by atoms with E-state index in [2.05, 4.69) is 10.3 Å². The van der Waals surface area contributed by atoms with Gasteiger partial charge < -0.3 is 10.1 Å². The monoisotopic (exact) mass is 342 g/mol. The smallest absolute Gasteiger partial charge is 0.267 e. The third-order valence-corrected chi connectivity index (χ3v) is 4.40. The van der Waals surface area contributed by atoms with Crippen LogP contribution in [0, 0.1) is 12.7 Å². The van der Waals surface area contributed by atoms with Crippen LogP contribution in [-0.2, 0) is 6.61 Å². The Morgan fingerprint density at radius 2 is 1.88 bits per heavy atom. The fourth-order valence-electron chi connectivity index (χ4n) is 2.13. The maximum absolute atomic E-state index is 13.6. The highest BCUT2D eigenvalue weighted by Crippen LogP contribution is 2.22. The summed E-state index contributed by atoms with van der Waals surface area (Å²) < 4.78 is 19.3. The average Bonchev–Trinajstić information content (AvgIpc) is 2.97. The van der Waals surface area contributed by atoms with E-state index in [-0.39, 0.29) is 18.2 Å². The summed E-state index contributed by atoms with van der Waals surface area (Å²) >= 11 is 1.24. The molecule has 0 atom stereocenters. The number of thiazole rings is 1. The predicted octanol–water partition coefficient (Wildman–Crippen LogP) is 4.42. The molecule has 1 N–H and O–H groups in total. The first-order valence-electron chi connectivity index (χ1n) is 7.33. The van der Waals surface area contributed by atoms with Crippen LogP contribution in [0.25, 0.3) is 0 Å². The molecule has 0 fully saturated rings. The van der Waals surface area contributed by atoms with E-state index in [9.17, 15) is 9.18 Å².